The van der Waals surface area contributed by atoms with E-state index in [9.17, 15) is 4.79 Å². The van der Waals surface area contributed by atoms with Gasteiger partial charge in [-0.15, -0.1) is 0 Å². The SMILES string of the molecule is CC1CCCC1C(=O)NC1(CBr)CCCC1. The first-order valence-corrected chi connectivity index (χ1v) is 7.67. The van der Waals surface area contributed by atoms with E-state index in [0.29, 0.717) is 11.8 Å². The molecule has 0 bridgehead atoms. The van der Waals surface area contributed by atoms with Crippen molar-refractivity contribution >= 4 is 21.8 Å². The molecule has 2 atom stereocenters. The van der Waals surface area contributed by atoms with Gasteiger partial charge in [-0.25, -0.2) is 0 Å². The van der Waals surface area contributed by atoms with Crippen molar-refractivity contribution in [2.24, 2.45) is 11.8 Å². The Balaban J connectivity index is 1.95. The van der Waals surface area contributed by atoms with Crippen LogP contribution in [-0.4, -0.2) is 16.8 Å². The van der Waals surface area contributed by atoms with E-state index >= 15 is 0 Å². The van der Waals surface area contributed by atoms with Crippen molar-refractivity contribution in [1.29, 1.82) is 0 Å². The highest BCUT2D eigenvalue weighted by Gasteiger charge is 2.38. The number of nitrogens with one attached hydrogen (secondary N) is 1. The molecular formula is C13H22BrNO. The summed E-state index contributed by atoms with van der Waals surface area (Å²) in [6, 6.07) is 0. The van der Waals surface area contributed by atoms with Crippen molar-refractivity contribution in [2.75, 3.05) is 5.33 Å². The van der Waals surface area contributed by atoms with Crippen molar-refractivity contribution in [3.63, 3.8) is 0 Å². The van der Waals surface area contributed by atoms with E-state index in [0.717, 1.165) is 24.6 Å². The maximum atomic E-state index is 12.2. The molecule has 2 unspecified atom stereocenters. The third-order valence-corrected chi connectivity index (χ3v) is 5.48. The first-order valence-electron chi connectivity index (χ1n) is 6.55. The summed E-state index contributed by atoms with van der Waals surface area (Å²) in [5, 5.41) is 4.24. The molecule has 16 heavy (non-hydrogen) atoms. The molecule has 92 valence electrons. The van der Waals surface area contributed by atoms with Crippen LogP contribution in [0.2, 0.25) is 0 Å². The Labute approximate surface area is 107 Å². The van der Waals surface area contributed by atoms with Gasteiger partial charge < -0.3 is 5.32 Å². The molecule has 1 amide bonds. The van der Waals surface area contributed by atoms with E-state index in [4.69, 9.17) is 0 Å². The van der Waals surface area contributed by atoms with E-state index in [1.807, 2.05) is 0 Å². The Hall–Kier alpha value is -0.0500. The largest absolute Gasteiger partial charge is 0.350 e. The molecule has 1 N–H and O–H groups in total. The lowest BCUT2D eigenvalue weighted by atomic mass is 9.94. The van der Waals surface area contributed by atoms with Crippen molar-refractivity contribution < 1.29 is 4.79 Å². The third kappa shape index (κ3) is 2.44. The lowest BCUT2D eigenvalue weighted by Crippen LogP contribution is -2.50. The molecule has 2 aliphatic carbocycles. The van der Waals surface area contributed by atoms with Crippen LogP contribution in [0.4, 0.5) is 0 Å². The van der Waals surface area contributed by atoms with E-state index in [2.05, 4.69) is 28.2 Å². The van der Waals surface area contributed by atoms with Gasteiger partial charge in [-0.3, -0.25) is 4.79 Å². The van der Waals surface area contributed by atoms with Crippen LogP contribution in [0.15, 0.2) is 0 Å². The van der Waals surface area contributed by atoms with Crippen molar-refractivity contribution in [2.45, 2.75) is 57.4 Å². The lowest BCUT2D eigenvalue weighted by Gasteiger charge is -2.30. The van der Waals surface area contributed by atoms with Crippen LogP contribution in [0.5, 0.6) is 0 Å². The second-order valence-electron chi connectivity index (χ2n) is 5.62. The van der Waals surface area contributed by atoms with E-state index < -0.39 is 0 Å². The molecule has 0 spiro atoms. The second-order valence-corrected chi connectivity index (χ2v) is 6.19. The molecule has 0 aromatic heterocycles. The highest BCUT2D eigenvalue weighted by molar-refractivity contribution is 9.09. The normalized spacial score (nSPS) is 32.9. The van der Waals surface area contributed by atoms with E-state index in [1.165, 1.54) is 25.7 Å². The Bertz CT molecular complexity index is 261. The Morgan fingerprint density at radius 1 is 1.31 bits per heavy atom. The molecule has 0 radical (unpaired) electrons. The summed E-state index contributed by atoms with van der Waals surface area (Å²) in [7, 11) is 0. The summed E-state index contributed by atoms with van der Waals surface area (Å²) >= 11 is 3.57. The van der Waals surface area contributed by atoms with Crippen molar-refractivity contribution in [1.82, 2.24) is 5.32 Å². The monoisotopic (exact) mass is 287 g/mol. The molecule has 0 aliphatic heterocycles. The number of carbonyl (C=O) groups excluding carboxylic acids is 1. The molecule has 0 aromatic rings. The Morgan fingerprint density at radius 2 is 2.00 bits per heavy atom. The van der Waals surface area contributed by atoms with Gasteiger partial charge in [0.05, 0.1) is 0 Å². The molecule has 0 saturated heterocycles. The predicted octanol–water partition coefficient (Wildman–Crippen LogP) is 3.25. The van der Waals surface area contributed by atoms with Gasteiger partial charge in [-0.05, 0) is 31.6 Å². The maximum Gasteiger partial charge on any atom is 0.223 e. The highest BCUT2D eigenvalue weighted by Crippen LogP contribution is 2.35. The fourth-order valence-corrected chi connectivity index (χ4v) is 3.93. The molecule has 2 fully saturated rings. The summed E-state index contributed by atoms with van der Waals surface area (Å²) in [5.41, 5.74) is 0.0688. The molecular weight excluding hydrogens is 266 g/mol. The quantitative estimate of drug-likeness (QED) is 0.794. The number of hydrogen-bond acceptors (Lipinski definition) is 1. The number of alkyl halides is 1. The molecule has 2 rings (SSSR count). The summed E-state index contributed by atoms with van der Waals surface area (Å²) in [6.45, 7) is 2.21. The van der Waals surface area contributed by atoms with E-state index in [-0.39, 0.29) is 11.5 Å². The first kappa shape index (κ1) is 12.4. The predicted molar refractivity (Wildman–Crippen MR) is 69.6 cm³/mol. The van der Waals surface area contributed by atoms with Crippen molar-refractivity contribution in [3.05, 3.63) is 0 Å². The van der Waals surface area contributed by atoms with Crippen LogP contribution in [0, 0.1) is 11.8 Å². The minimum absolute atomic E-state index is 0.0688. The molecule has 3 heteroatoms. The smallest absolute Gasteiger partial charge is 0.223 e. The van der Waals surface area contributed by atoms with Crippen LogP contribution in [0.25, 0.3) is 0 Å². The van der Waals surface area contributed by atoms with Crippen LogP contribution >= 0.6 is 15.9 Å². The van der Waals surface area contributed by atoms with Crippen molar-refractivity contribution in [3.8, 4) is 0 Å². The summed E-state index contributed by atoms with van der Waals surface area (Å²) in [5.74, 6) is 1.16. The lowest BCUT2D eigenvalue weighted by molar-refractivity contribution is -0.127. The minimum Gasteiger partial charge on any atom is -0.350 e. The van der Waals surface area contributed by atoms with Gasteiger partial charge >= 0.3 is 0 Å². The van der Waals surface area contributed by atoms with Crippen LogP contribution in [0.1, 0.15) is 51.9 Å². The van der Waals surface area contributed by atoms with Gasteiger partial charge in [0.15, 0.2) is 0 Å². The summed E-state index contributed by atoms with van der Waals surface area (Å²) < 4.78 is 0. The van der Waals surface area contributed by atoms with Gasteiger partial charge in [-0.1, -0.05) is 42.1 Å². The molecule has 0 aromatic carbocycles. The molecule has 2 nitrogen and oxygen atoms in total. The van der Waals surface area contributed by atoms with Gasteiger partial charge in [0.1, 0.15) is 0 Å². The van der Waals surface area contributed by atoms with Crippen LogP contribution < -0.4 is 5.32 Å². The van der Waals surface area contributed by atoms with Crippen LogP contribution in [0.3, 0.4) is 0 Å². The number of carbonyl (C=O) groups is 1. The fourth-order valence-electron chi connectivity index (χ4n) is 3.23. The minimum atomic E-state index is 0.0688. The van der Waals surface area contributed by atoms with E-state index in [1.54, 1.807) is 0 Å². The zero-order chi connectivity index (χ0) is 11.6. The zero-order valence-corrected chi connectivity index (χ0v) is 11.7. The zero-order valence-electron chi connectivity index (χ0n) is 10.1. The third-order valence-electron chi connectivity index (χ3n) is 4.40. The number of amides is 1. The van der Waals surface area contributed by atoms with Gasteiger partial charge in [0.2, 0.25) is 5.91 Å². The molecule has 2 saturated carbocycles. The average molecular weight is 288 g/mol. The second kappa shape index (κ2) is 5.07. The Morgan fingerprint density at radius 3 is 2.50 bits per heavy atom. The molecule has 0 heterocycles. The topological polar surface area (TPSA) is 29.1 Å². The Kier molecular flexibility index (Phi) is 3.93. The molecule has 2 aliphatic rings. The van der Waals surface area contributed by atoms with Gasteiger partial charge in [0.25, 0.3) is 0 Å². The average Bonchev–Trinajstić information content (AvgIpc) is 2.87. The maximum absolute atomic E-state index is 12.2. The van der Waals surface area contributed by atoms with Crippen LogP contribution in [-0.2, 0) is 4.79 Å². The first-order chi connectivity index (χ1) is 7.67. The fraction of sp³-hybridized carbons (Fsp3) is 0.923. The number of hydrogen-bond donors (Lipinski definition) is 1. The van der Waals surface area contributed by atoms with Gasteiger partial charge in [0, 0.05) is 16.8 Å². The van der Waals surface area contributed by atoms with Gasteiger partial charge in [-0.2, -0.15) is 0 Å². The number of halogens is 1. The number of rotatable bonds is 3. The highest BCUT2D eigenvalue weighted by atomic mass is 79.9. The standard InChI is InChI=1S/C13H22BrNO/c1-10-5-4-6-11(10)12(16)15-13(9-14)7-2-3-8-13/h10-11H,2-9H2,1H3,(H,15,16). The summed E-state index contributed by atoms with van der Waals surface area (Å²) in [6.07, 6.45) is 8.33. The summed E-state index contributed by atoms with van der Waals surface area (Å²) in [4.78, 5) is 12.2.